The molecule has 5 N–H and O–H groups in total. The number of aromatic amines is 1. The molecule has 0 bridgehead atoms. The Balaban J connectivity index is 0.682. The van der Waals surface area contributed by atoms with E-state index in [4.69, 9.17) is 4.52 Å². The number of aromatic nitrogens is 4. The summed E-state index contributed by atoms with van der Waals surface area (Å²) in [7, 11) is -4.38. The molecule has 19 nitrogen and oxygen atoms in total. The number of benzene rings is 3. The average Bonchev–Trinajstić information content (AvgIpc) is 4.34. The highest BCUT2D eigenvalue weighted by atomic mass is 32.2. The van der Waals surface area contributed by atoms with Gasteiger partial charge in [-0.3, -0.25) is 24.0 Å². The number of alkyl halides is 1. The fraction of sp³-hybridized carbons (Fsp3) is 0.393. The molecule has 0 unspecified atom stereocenters. The Bertz CT molecular complexity index is 3550. The predicted octanol–water partition coefficient (Wildman–Crippen LogP) is 6.42. The number of likely N-dealkylation sites (tertiary alicyclic amines) is 1. The van der Waals surface area contributed by atoms with Crippen molar-refractivity contribution >= 4 is 67.4 Å². The molecule has 4 saturated heterocycles. The Morgan fingerprint density at radius 3 is 2.31 bits per heavy atom. The molecule has 4 aromatic heterocycles. The summed E-state index contributed by atoms with van der Waals surface area (Å²) in [5.74, 6) is -4.41. The number of H-pyrrole nitrogens is 1. The van der Waals surface area contributed by atoms with E-state index in [1.807, 2.05) is 74.0 Å². The number of carbonyl (C=O) groups excluding carboxylic acids is 3. The van der Waals surface area contributed by atoms with Crippen molar-refractivity contribution in [2.45, 2.75) is 69.9 Å². The first-order chi connectivity index (χ1) is 38.4. The van der Waals surface area contributed by atoms with E-state index in [-0.39, 0.29) is 56.0 Å². The number of aliphatic hydroxyl groups excluding tert-OH is 2. The lowest BCUT2D eigenvalue weighted by Crippen LogP contribution is -2.63. The Labute approximate surface area is 463 Å². The van der Waals surface area contributed by atoms with Gasteiger partial charge in [-0.05, 0) is 66.3 Å². The molecule has 0 saturated carbocycles. The van der Waals surface area contributed by atoms with Gasteiger partial charge in [0.25, 0.3) is 0 Å². The van der Waals surface area contributed by atoms with Crippen LogP contribution < -0.4 is 19.8 Å². The predicted molar refractivity (Wildman–Crippen MR) is 295 cm³/mol. The van der Waals surface area contributed by atoms with Gasteiger partial charge in [0.05, 0.1) is 46.1 Å². The van der Waals surface area contributed by atoms with E-state index in [0.29, 0.717) is 46.8 Å². The van der Waals surface area contributed by atoms with Gasteiger partial charge in [0.15, 0.2) is 17.4 Å². The second-order valence-corrected chi connectivity index (χ2v) is 23.8. The second kappa shape index (κ2) is 22.4. The maximum absolute atomic E-state index is 15.8. The zero-order valence-electron chi connectivity index (χ0n) is 44.1. The van der Waals surface area contributed by atoms with Crippen LogP contribution in [0.1, 0.15) is 71.6 Å². The van der Waals surface area contributed by atoms with Crippen molar-refractivity contribution in [1.82, 2.24) is 39.5 Å². The topological polar surface area (TPSA) is 234 Å². The summed E-state index contributed by atoms with van der Waals surface area (Å²) in [6.07, 6.45) is 0.708. The molecule has 5 atom stereocenters. The van der Waals surface area contributed by atoms with E-state index in [1.165, 1.54) is 22.4 Å². The zero-order valence-corrected chi connectivity index (χ0v) is 45.7. The number of aliphatic hydroxyl groups is 2. The molecule has 4 aliphatic rings. The van der Waals surface area contributed by atoms with Crippen LogP contribution in [0.5, 0.6) is 0 Å². The molecule has 0 radical (unpaired) electrons. The number of anilines is 3. The molecule has 3 aromatic carbocycles. The quantitative estimate of drug-likeness (QED) is 0.0620. The van der Waals surface area contributed by atoms with Crippen molar-refractivity contribution in [3.8, 4) is 21.6 Å². The molecule has 2 amide bonds. The fourth-order valence-electron chi connectivity index (χ4n) is 11.3. The van der Waals surface area contributed by atoms with E-state index >= 15 is 8.78 Å². The first-order valence-electron chi connectivity index (χ1n) is 26.6. The summed E-state index contributed by atoms with van der Waals surface area (Å²) in [5, 5.41) is 28.7. The number of aryl methyl sites for hydroxylation is 1. The number of hydrogen-bond donors (Lipinski definition) is 5. The number of pyridine rings is 1. The highest BCUT2D eigenvalue weighted by Gasteiger charge is 2.45. The third-order valence-corrected chi connectivity index (χ3v) is 18.3. The van der Waals surface area contributed by atoms with Gasteiger partial charge in [-0.25, -0.2) is 23.1 Å². The van der Waals surface area contributed by atoms with E-state index in [2.05, 4.69) is 40.1 Å². The Morgan fingerprint density at radius 2 is 1.64 bits per heavy atom. The van der Waals surface area contributed by atoms with E-state index in [0.717, 1.165) is 70.0 Å². The van der Waals surface area contributed by atoms with Crippen LogP contribution in [0.3, 0.4) is 0 Å². The maximum atomic E-state index is 15.8. The maximum Gasteiger partial charge on any atom is 0.301 e. The first kappa shape index (κ1) is 54.7. The summed E-state index contributed by atoms with van der Waals surface area (Å²) in [6, 6.07) is 19.2. The zero-order chi connectivity index (χ0) is 56.1. The molecule has 24 heteroatoms. The third kappa shape index (κ3) is 10.8. The lowest BCUT2D eigenvalue weighted by molar-refractivity contribution is -0.141. The highest BCUT2D eigenvalue weighted by molar-refractivity contribution is 7.90. The van der Waals surface area contributed by atoms with Crippen molar-refractivity contribution in [1.29, 1.82) is 0 Å². The van der Waals surface area contributed by atoms with E-state index in [9.17, 15) is 37.4 Å². The lowest BCUT2D eigenvalue weighted by Gasteiger charge is -2.48. The number of nitrogens with one attached hydrogen (secondary N) is 3. The van der Waals surface area contributed by atoms with E-state index in [1.54, 1.807) is 23.8 Å². The largest absolute Gasteiger partial charge is 0.394 e. The van der Waals surface area contributed by atoms with Gasteiger partial charge >= 0.3 is 10.2 Å². The fourth-order valence-corrected chi connectivity index (χ4v) is 13.3. The number of halogens is 3. The first-order valence-corrected chi connectivity index (χ1v) is 28.9. The number of ketones is 1. The SMILES string of the molecule is Cc1ncsc1-c1ccc([C@H](CO)NC(=O)[C@@H]2C[C@@H](O)CN2C(=O)[C@H](c2cc(N3CC(N4CCN(c5ccc(-c6cnc7[nH]cc(C(=O)c8c(F)ccc(NS(=O)(=O)N9CC[C@@H](F)C9)c8F)c7c6)cc5)CC4)C3)no2)C(C)C)cc1. The molecule has 0 spiro atoms. The molecule has 11 rings (SSSR count). The summed E-state index contributed by atoms with van der Waals surface area (Å²) < 4.78 is 79.3. The Hall–Kier alpha value is -7.22. The third-order valence-electron chi connectivity index (χ3n) is 15.8. The number of amides is 2. The number of carbonyl (C=O) groups is 3. The molecule has 8 heterocycles. The molecule has 4 aliphatic heterocycles. The second-order valence-electron chi connectivity index (χ2n) is 21.3. The highest BCUT2D eigenvalue weighted by Crippen LogP contribution is 2.36. The van der Waals surface area contributed by atoms with Crippen LogP contribution in [0.25, 0.3) is 32.6 Å². The Morgan fingerprint density at radius 1 is 0.900 bits per heavy atom. The standard InChI is InChI=1S/C56H60F3N11O8S2/c1-31(2)49(56(75)70-28-40(72)21-46(70)55(74)63-45(29-71)34-4-6-35(7-5-34)53-32(3)62-30-79-53)47-22-48(64-78-47)68-26-39(27-68)67-18-16-66(17-19-67)38-10-8-33(9-11-38)36-20-41-42(24-61-54(41)60-23-36)52(73)50-43(58)12-13-44(51(50)59)65-80(76,77)69-15-14-37(57)25-69/h4-13,20,22-24,30-31,37,39-40,45-46,49,65,71-72H,14-19,21,25-29H2,1-3H3,(H,60,61)(H,63,74)/t37-,40-,45+,46+,49+/m1/s1. The van der Waals surface area contributed by atoms with Crippen LogP contribution in [0, 0.1) is 24.5 Å². The van der Waals surface area contributed by atoms with Crippen molar-refractivity contribution in [3.05, 3.63) is 130 Å². The van der Waals surface area contributed by atoms with Crippen LogP contribution in [0.15, 0.2) is 95.2 Å². The van der Waals surface area contributed by atoms with E-state index < -0.39 is 81.6 Å². The van der Waals surface area contributed by atoms with Crippen molar-refractivity contribution < 1.29 is 50.7 Å². The normalized spacial score (nSPS) is 20.2. The van der Waals surface area contributed by atoms with Crippen LogP contribution in [-0.2, 0) is 19.8 Å². The van der Waals surface area contributed by atoms with Gasteiger partial charge in [-0.2, -0.15) is 12.7 Å². The van der Waals surface area contributed by atoms with Gasteiger partial charge in [0.1, 0.15) is 29.6 Å². The van der Waals surface area contributed by atoms with Crippen molar-refractivity contribution in [2.24, 2.45) is 5.92 Å². The Kier molecular flexibility index (Phi) is 15.3. The van der Waals surface area contributed by atoms with Crippen LogP contribution in [0.2, 0.25) is 0 Å². The van der Waals surface area contributed by atoms with Gasteiger partial charge in [-0.15, -0.1) is 11.3 Å². The number of piperazine rings is 1. The number of β-amino-alcohol motifs (C(OH)–C–C–N with tert-alkyl or cyclic N) is 1. The summed E-state index contributed by atoms with van der Waals surface area (Å²) >= 11 is 1.53. The summed E-state index contributed by atoms with van der Waals surface area (Å²) in [5.41, 5.74) is 5.48. The minimum atomic E-state index is -4.38. The average molecular weight is 1140 g/mol. The summed E-state index contributed by atoms with van der Waals surface area (Å²) in [4.78, 5) is 63.1. The van der Waals surface area contributed by atoms with Crippen LogP contribution in [-0.4, -0.2) is 160 Å². The number of nitrogens with zero attached hydrogens (tertiary/aromatic N) is 8. The lowest BCUT2D eigenvalue weighted by atomic mass is 9.91. The molecule has 7 aromatic rings. The molecule has 80 heavy (non-hydrogen) atoms. The molecular weight excluding hydrogens is 1080 g/mol. The van der Waals surface area contributed by atoms with Crippen LogP contribution in [0.4, 0.5) is 30.4 Å². The van der Waals surface area contributed by atoms with Gasteiger partial charge < -0.3 is 39.7 Å². The van der Waals surface area contributed by atoms with Crippen molar-refractivity contribution in [2.75, 3.05) is 80.0 Å². The molecule has 420 valence electrons. The minimum absolute atomic E-state index is 0.00881. The van der Waals surface area contributed by atoms with Gasteiger partial charge in [0.2, 0.25) is 17.6 Å². The van der Waals surface area contributed by atoms with Crippen molar-refractivity contribution in [3.63, 3.8) is 0 Å². The summed E-state index contributed by atoms with van der Waals surface area (Å²) in [6.45, 7) is 9.50. The number of hydrogen-bond acceptors (Lipinski definition) is 15. The van der Waals surface area contributed by atoms with Gasteiger partial charge in [-0.1, -0.05) is 55.4 Å². The number of rotatable bonds is 17. The molecule has 4 fully saturated rings. The minimum Gasteiger partial charge on any atom is -0.394 e. The van der Waals surface area contributed by atoms with Crippen LogP contribution >= 0.6 is 11.3 Å². The molecular formula is C56H60F3N11O8S2. The van der Waals surface area contributed by atoms with Gasteiger partial charge in [0, 0.05) is 112 Å². The monoisotopic (exact) mass is 1140 g/mol. The number of fused-ring (bicyclic) bond motifs is 1. The molecule has 0 aliphatic carbocycles. The smallest absolute Gasteiger partial charge is 0.301 e. The number of thiazole rings is 1.